The predicted molar refractivity (Wildman–Crippen MR) is 101 cm³/mol. The second-order valence-corrected chi connectivity index (χ2v) is 7.13. The standard InChI is InChI=1S/C19H18N4O2S/c1-3-7-14-21-15(25-22-14)10-23-11-20-18-16(19(23)24)12(2)17(26-18)13-8-5-4-6-9-13/h4-6,8-9,11H,3,7,10H2,1-2H3. The van der Waals surface area contributed by atoms with Crippen molar-refractivity contribution in [3.63, 3.8) is 0 Å². The Morgan fingerprint density at radius 2 is 2.04 bits per heavy atom. The zero-order valence-electron chi connectivity index (χ0n) is 14.6. The molecule has 1 aromatic carbocycles. The lowest BCUT2D eigenvalue weighted by molar-refractivity contribution is 0.364. The Labute approximate surface area is 154 Å². The van der Waals surface area contributed by atoms with Crippen LogP contribution < -0.4 is 5.56 Å². The summed E-state index contributed by atoms with van der Waals surface area (Å²) in [6, 6.07) is 10.1. The molecule has 0 radical (unpaired) electrons. The van der Waals surface area contributed by atoms with Gasteiger partial charge in [-0.2, -0.15) is 4.98 Å². The summed E-state index contributed by atoms with van der Waals surface area (Å²) in [5, 5.41) is 4.59. The van der Waals surface area contributed by atoms with E-state index in [1.54, 1.807) is 17.7 Å². The summed E-state index contributed by atoms with van der Waals surface area (Å²) in [6.07, 6.45) is 3.27. The Morgan fingerprint density at radius 3 is 2.81 bits per heavy atom. The second-order valence-electron chi connectivity index (χ2n) is 6.13. The topological polar surface area (TPSA) is 73.8 Å². The van der Waals surface area contributed by atoms with Crippen molar-refractivity contribution in [1.29, 1.82) is 0 Å². The lowest BCUT2D eigenvalue weighted by Crippen LogP contribution is -2.21. The van der Waals surface area contributed by atoms with Crippen LogP contribution >= 0.6 is 11.3 Å². The maximum Gasteiger partial charge on any atom is 0.262 e. The Bertz CT molecular complexity index is 1110. The maximum atomic E-state index is 13.0. The summed E-state index contributed by atoms with van der Waals surface area (Å²) in [7, 11) is 0. The number of benzene rings is 1. The Kier molecular flexibility index (Phi) is 4.38. The molecule has 3 aromatic heterocycles. The summed E-state index contributed by atoms with van der Waals surface area (Å²) < 4.78 is 6.77. The molecule has 0 N–H and O–H groups in total. The zero-order valence-corrected chi connectivity index (χ0v) is 15.4. The molecular weight excluding hydrogens is 348 g/mol. The molecule has 0 spiro atoms. The molecular formula is C19H18N4O2S. The largest absolute Gasteiger partial charge is 0.337 e. The number of thiophene rings is 1. The molecule has 3 heterocycles. The normalized spacial score (nSPS) is 11.3. The molecule has 0 saturated carbocycles. The van der Waals surface area contributed by atoms with Crippen molar-refractivity contribution in [2.75, 3.05) is 0 Å². The van der Waals surface area contributed by atoms with Gasteiger partial charge in [-0.3, -0.25) is 9.36 Å². The van der Waals surface area contributed by atoms with Gasteiger partial charge in [-0.15, -0.1) is 11.3 Å². The number of aromatic nitrogens is 4. The highest BCUT2D eigenvalue weighted by atomic mass is 32.1. The minimum absolute atomic E-state index is 0.0822. The number of nitrogens with zero attached hydrogens (tertiary/aromatic N) is 4. The first kappa shape index (κ1) is 16.7. The van der Waals surface area contributed by atoms with Crippen molar-refractivity contribution in [3.05, 3.63) is 64.3 Å². The van der Waals surface area contributed by atoms with Crippen LogP contribution in [-0.2, 0) is 13.0 Å². The van der Waals surface area contributed by atoms with Gasteiger partial charge in [-0.05, 0) is 24.5 Å². The molecule has 0 aliphatic heterocycles. The van der Waals surface area contributed by atoms with E-state index in [1.165, 1.54) is 4.57 Å². The fourth-order valence-electron chi connectivity index (χ4n) is 2.96. The lowest BCUT2D eigenvalue weighted by Gasteiger charge is -2.02. The highest BCUT2D eigenvalue weighted by Gasteiger charge is 2.16. The molecule has 4 rings (SSSR count). The van der Waals surface area contributed by atoms with Gasteiger partial charge in [0.1, 0.15) is 11.4 Å². The fraction of sp³-hybridized carbons (Fsp3) is 0.263. The minimum Gasteiger partial charge on any atom is -0.337 e. The third-order valence-corrected chi connectivity index (χ3v) is 5.49. The lowest BCUT2D eigenvalue weighted by atomic mass is 10.1. The van der Waals surface area contributed by atoms with Gasteiger partial charge in [-0.25, -0.2) is 4.98 Å². The number of fused-ring (bicyclic) bond motifs is 1. The van der Waals surface area contributed by atoms with E-state index in [4.69, 9.17) is 4.52 Å². The molecule has 0 bridgehead atoms. The molecule has 0 atom stereocenters. The molecule has 0 amide bonds. The summed E-state index contributed by atoms with van der Waals surface area (Å²) >= 11 is 1.54. The molecule has 26 heavy (non-hydrogen) atoms. The van der Waals surface area contributed by atoms with Crippen LogP contribution in [0.3, 0.4) is 0 Å². The van der Waals surface area contributed by atoms with E-state index in [0.29, 0.717) is 17.1 Å². The molecule has 0 aliphatic carbocycles. The van der Waals surface area contributed by atoms with Crippen molar-refractivity contribution in [1.82, 2.24) is 19.7 Å². The van der Waals surface area contributed by atoms with Crippen LogP contribution in [0.5, 0.6) is 0 Å². The van der Waals surface area contributed by atoms with Crippen LogP contribution in [0.15, 0.2) is 46.0 Å². The number of hydrogen-bond acceptors (Lipinski definition) is 6. The first-order valence-corrected chi connectivity index (χ1v) is 9.34. The van der Waals surface area contributed by atoms with Crippen LogP contribution in [0.2, 0.25) is 0 Å². The van der Waals surface area contributed by atoms with E-state index in [1.807, 2.05) is 37.3 Å². The van der Waals surface area contributed by atoms with E-state index < -0.39 is 0 Å². The quantitative estimate of drug-likeness (QED) is 0.537. The fourth-order valence-corrected chi connectivity index (χ4v) is 4.11. The average Bonchev–Trinajstić information content (AvgIpc) is 3.23. The van der Waals surface area contributed by atoms with Gasteiger partial charge in [0.05, 0.1) is 11.7 Å². The smallest absolute Gasteiger partial charge is 0.262 e. The van der Waals surface area contributed by atoms with Crippen molar-refractivity contribution in [3.8, 4) is 10.4 Å². The third-order valence-electron chi connectivity index (χ3n) is 4.24. The van der Waals surface area contributed by atoms with Crippen molar-refractivity contribution < 1.29 is 4.52 Å². The number of aryl methyl sites for hydroxylation is 2. The first-order valence-electron chi connectivity index (χ1n) is 8.52. The van der Waals surface area contributed by atoms with Gasteiger partial charge >= 0.3 is 0 Å². The Morgan fingerprint density at radius 1 is 1.23 bits per heavy atom. The molecule has 6 nitrogen and oxygen atoms in total. The van der Waals surface area contributed by atoms with E-state index in [0.717, 1.165) is 33.7 Å². The molecule has 0 fully saturated rings. The zero-order chi connectivity index (χ0) is 18.1. The van der Waals surface area contributed by atoms with Crippen molar-refractivity contribution in [2.24, 2.45) is 0 Å². The highest BCUT2D eigenvalue weighted by Crippen LogP contribution is 2.35. The molecule has 0 aliphatic rings. The third kappa shape index (κ3) is 2.94. The monoisotopic (exact) mass is 366 g/mol. The minimum atomic E-state index is -0.0822. The Balaban J connectivity index is 1.74. The van der Waals surface area contributed by atoms with E-state index >= 15 is 0 Å². The van der Waals surface area contributed by atoms with Crippen molar-refractivity contribution in [2.45, 2.75) is 33.2 Å². The average molecular weight is 366 g/mol. The number of hydrogen-bond donors (Lipinski definition) is 0. The molecule has 0 unspecified atom stereocenters. The summed E-state index contributed by atoms with van der Waals surface area (Å²) in [5.41, 5.74) is 1.97. The van der Waals surface area contributed by atoms with Crippen LogP contribution in [0.1, 0.15) is 30.6 Å². The SMILES string of the molecule is CCCc1noc(Cn2cnc3sc(-c4ccccc4)c(C)c3c2=O)n1. The van der Waals surface area contributed by atoms with E-state index in [2.05, 4.69) is 22.0 Å². The van der Waals surface area contributed by atoms with E-state index in [-0.39, 0.29) is 12.1 Å². The molecule has 0 saturated heterocycles. The van der Waals surface area contributed by atoms with Crippen molar-refractivity contribution >= 4 is 21.6 Å². The number of rotatable bonds is 5. The van der Waals surface area contributed by atoms with Gasteiger partial charge in [0.25, 0.3) is 5.56 Å². The van der Waals surface area contributed by atoms with Crippen LogP contribution in [0.25, 0.3) is 20.7 Å². The molecule has 132 valence electrons. The summed E-state index contributed by atoms with van der Waals surface area (Å²) in [6.45, 7) is 4.26. The van der Waals surface area contributed by atoms with E-state index in [9.17, 15) is 4.79 Å². The highest BCUT2D eigenvalue weighted by molar-refractivity contribution is 7.22. The van der Waals surface area contributed by atoms with Gasteiger partial charge < -0.3 is 4.52 Å². The van der Waals surface area contributed by atoms with Gasteiger partial charge in [0.2, 0.25) is 5.89 Å². The van der Waals surface area contributed by atoms with Gasteiger partial charge in [0.15, 0.2) is 5.82 Å². The first-order chi connectivity index (χ1) is 12.7. The maximum absolute atomic E-state index is 13.0. The van der Waals surface area contributed by atoms with Crippen LogP contribution in [-0.4, -0.2) is 19.7 Å². The summed E-state index contributed by atoms with van der Waals surface area (Å²) in [5.74, 6) is 1.09. The Hall–Kier alpha value is -2.80. The molecule has 7 heteroatoms. The summed E-state index contributed by atoms with van der Waals surface area (Å²) in [4.78, 5) is 23.6. The second kappa shape index (κ2) is 6.84. The van der Waals surface area contributed by atoms with Gasteiger partial charge in [-0.1, -0.05) is 42.4 Å². The van der Waals surface area contributed by atoms with Crippen LogP contribution in [0, 0.1) is 6.92 Å². The molecule has 4 aromatic rings. The predicted octanol–water partition coefficient (Wildman–Crippen LogP) is 3.82. The van der Waals surface area contributed by atoms with Crippen LogP contribution in [0.4, 0.5) is 0 Å². The van der Waals surface area contributed by atoms with Gasteiger partial charge in [0, 0.05) is 11.3 Å².